The second-order valence-corrected chi connectivity index (χ2v) is 8.71. The molecule has 2 aliphatic rings. The summed E-state index contributed by atoms with van der Waals surface area (Å²) in [5, 5.41) is 27.1. The van der Waals surface area contributed by atoms with Gasteiger partial charge in [-0.05, 0) is 31.4 Å². The van der Waals surface area contributed by atoms with Crippen LogP contribution in [-0.4, -0.2) is 67.7 Å². The third-order valence-corrected chi connectivity index (χ3v) is 6.91. The Morgan fingerprint density at radius 1 is 1.15 bits per heavy atom. The molecule has 0 bridgehead atoms. The zero-order valence-electron chi connectivity index (χ0n) is 18.9. The van der Waals surface area contributed by atoms with E-state index in [1.165, 1.54) is 14.0 Å². The van der Waals surface area contributed by atoms with Gasteiger partial charge in [-0.2, -0.15) is 0 Å². The number of benzene rings is 1. The summed E-state index contributed by atoms with van der Waals surface area (Å²) in [6, 6.07) is 6.38. The van der Waals surface area contributed by atoms with Crippen LogP contribution >= 0.6 is 0 Å². The second-order valence-electron chi connectivity index (χ2n) is 8.71. The molecule has 2 aliphatic carbocycles. The van der Waals surface area contributed by atoms with Crippen LogP contribution in [0.2, 0.25) is 0 Å². The van der Waals surface area contributed by atoms with Crippen molar-refractivity contribution in [1.29, 1.82) is 0 Å². The highest BCUT2D eigenvalue weighted by Gasteiger charge is 2.75. The van der Waals surface area contributed by atoms with E-state index < -0.39 is 23.7 Å². The first-order valence-corrected chi connectivity index (χ1v) is 11.0. The topological polar surface area (TPSA) is 142 Å². The van der Waals surface area contributed by atoms with E-state index in [1.54, 1.807) is 42.2 Å². The van der Waals surface area contributed by atoms with Gasteiger partial charge in [-0.25, -0.2) is 15.0 Å². The number of amides is 1. The number of hydrogen-bond acceptors (Lipinski definition) is 8. The van der Waals surface area contributed by atoms with Crippen molar-refractivity contribution in [1.82, 2.24) is 24.8 Å². The number of nitrogens with one attached hydrogen (secondary N) is 2. The summed E-state index contributed by atoms with van der Waals surface area (Å²) in [5.74, 6) is 6.13. The van der Waals surface area contributed by atoms with Crippen molar-refractivity contribution in [2.45, 2.75) is 31.6 Å². The molecule has 1 aromatic carbocycles. The molecule has 0 saturated heterocycles. The minimum Gasteiger partial charge on any atom is -0.389 e. The molecule has 3 aromatic rings. The number of carbonyl (C=O) groups is 2. The molecule has 0 unspecified atom stereocenters. The summed E-state index contributed by atoms with van der Waals surface area (Å²) >= 11 is 0. The number of aromatic nitrogens is 4. The zero-order valence-corrected chi connectivity index (χ0v) is 18.9. The van der Waals surface area contributed by atoms with Crippen LogP contribution in [0, 0.1) is 23.2 Å². The van der Waals surface area contributed by atoms with E-state index in [4.69, 9.17) is 0 Å². The minimum atomic E-state index is -1.18. The van der Waals surface area contributed by atoms with Crippen LogP contribution in [0.4, 0.5) is 5.82 Å². The molecular weight excluding hydrogens is 436 g/mol. The lowest BCUT2D eigenvalue weighted by molar-refractivity contribution is -0.132. The van der Waals surface area contributed by atoms with Gasteiger partial charge < -0.3 is 25.4 Å². The van der Waals surface area contributed by atoms with Crippen molar-refractivity contribution in [3.05, 3.63) is 47.5 Å². The van der Waals surface area contributed by atoms with Crippen molar-refractivity contribution >= 4 is 28.7 Å². The first kappa shape index (κ1) is 22.0. The quantitative estimate of drug-likeness (QED) is 0.326. The monoisotopic (exact) mass is 460 g/mol. The van der Waals surface area contributed by atoms with Crippen molar-refractivity contribution in [3.8, 4) is 11.8 Å². The Hall–Kier alpha value is -3.81. The Labute approximate surface area is 195 Å². The van der Waals surface area contributed by atoms with Crippen LogP contribution in [0.1, 0.15) is 41.1 Å². The minimum absolute atomic E-state index is 0.0180. The fourth-order valence-electron chi connectivity index (χ4n) is 5.07. The number of ketones is 1. The van der Waals surface area contributed by atoms with E-state index >= 15 is 0 Å². The molecule has 174 valence electrons. The number of hydrogen-bond donors (Lipinski definition) is 4. The summed E-state index contributed by atoms with van der Waals surface area (Å²) in [7, 11) is 3.24. The van der Waals surface area contributed by atoms with Gasteiger partial charge in [0, 0.05) is 31.1 Å². The largest absolute Gasteiger partial charge is 0.389 e. The van der Waals surface area contributed by atoms with Crippen molar-refractivity contribution < 1.29 is 19.8 Å². The number of aliphatic hydroxyl groups is 2. The van der Waals surface area contributed by atoms with E-state index in [-0.39, 0.29) is 23.4 Å². The maximum atomic E-state index is 12.5. The first-order valence-electron chi connectivity index (χ1n) is 11.0. The number of anilines is 1. The number of fused-ring (bicyclic) bond motifs is 2. The van der Waals surface area contributed by atoms with Gasteiger partial charge in [-0.1, -0.05) is 18.1 Å². The van der Waals surface area contributed by atoms with Crippen molar-refractivity contribution in [2.24, 2.45) is 11.3 Å². The van der Waals surface area contributed by atoms with Gasteiger partial charge in [0.05, 0.1) is 23.9 Å². The number of imidazole rings is 1. The molecule has 10 heteroatoms. The van der Waals surface area contributed by atoms with E-state index in [0.717, 1.165) is 0 Å². The number of Topliss-reactive ketones (excluding diaryl/α,β-unsaturated/α-hetero) is 1. The fourth-order valence-corrected chi connectivity index (χ4v) is 5.07. The smallest absolute Gasteiger partial charge is 0.229 e. The molecule has 0 aliphatic heterocycles. The maximum absolute atomic E-state index is 12.5. The molecule has 2 saturated carbocycles. The highest BCUT2D eigenvalue weighted by atomic mass is 16.3. The molecular formula is C24H24N6O4. The molecule has 2 heterocycles. The third kappa shape index (κ3) is 3.16. The molecule has 0 radical (unpaired) electrons. The standard InChI is InChI=1S/C24H24N6O4/c1-12(31)14-7-4-13(5-8-14)6-9-16-28-21(25-2)17-22(29-16)30(11-27-17)18-15-10-24(15,23(34)26-3)20(33)19(18)32/h4-5,7-8,11,15,18-20,32-33H,10H2,1-3H3,(H,26,34)(H,25,28,29)/t15-,18-,19+,20+,24+/m1/s1. The predicted octanol–water partition coefficient (Wildman–Crippen LogP) is 0.499. The van der Waals surface area contributed by atoms with Gasteiger partial charge in [0.25, 0.3) is 0 Å². The number of carbonyl (C=O) groups excluding carboxylic acids is 2. The van der Waals surface area contributed by atoms with E-state index in [1.807, 2.05) is 0 Å². The third-order valence-electron chi connectivity index (χ3n) is 6.91. The lowest BCUT2D eigenvalue weighted by atomic mass is 9.98. The number of nitrogens with zero attached hydrogens (tertiary/aromatic N) is 4. The molecule has 2 fully saturated rings. The highest BCUT2D eigenvalue weighted by Crippen LogP contribution is 2.67. The Morgan fingerprint density at radius 3 is 2.53 bits per heavy atom. The molecule has 4 N–H and O–H groups in total. The van der Waals surface area contributed by atoms with Gasteiger partial charge >= 0.3 is 0 Å². The van der Waals surface area contributed by atoms with E-state index in [2.05, 4.69) is 37.4 Å². The Bertz CT molecular complexity index is 1370. The van der Waals surface area contributed by atoms with Crippen LogP contribution in [0.5, 0.6) is 0 Å². The van der Waals surface area contributed by atoms with Gasteiger partial charge in [0.1, 0.15) is 6.10 Å². The van der Waals surface area contributed by atoms with Crippen LogP contribution in [0.3, 0.4) is 0 Å². The summed E-state index contributed by atoms with van der Waals surface area (Å²) in [6.45, 7) is 1.51. The summed E-state index contributed by atoms with van der Waals surface area (Å²) in [5.41, 5.74) is 1.26. The van der Waals surface area contributed by atoms with Crippen molar-refractivity contribution in [2.75, 3.05) is 19.4 Å². The summed E-state index contributed by atoms with van der Waals surface area (Å²) in [6.07, 6.45) is -0.294. The molecule has 34 heavy (non-hydrogen) atoms. The molecule has 0 spiro atoms. The Morgan fingerprint density at radius 2 is 1.88 bits per heavy atom. The summed E-state index contributed by atoms with van der Waals surface area (Å²) in [4.78, 5) is 37.4. The van der Waals surface area contributed by atoms with E-state index in [9.17, 15) is 19.8 Å². The average molecular weight is 460 g/mol. The van der Waals surface area contributed by atoms with Crippen LogP contribution in [0.15, 0.2) is 30.6 Å². The number of rotatable bonds is 4. The van der Waals surface area contributed by atoms with Gasteiger partial charge in [-0.15, -0.1) is 0 Å². The van der Waals surface area contributed by atoms with Crippen LogP contribution < -0.4 is 10.6 Å². The molecule has 5 atom stereocenters. The first-order chi connectivity index (χ1) is 16.3. The van der Waals surface area contributed by atoms with Crippen LogP contribution in [-0.2, 0) is 4.79 Å². The van der Waals surface area contributed by atoms with Gasteiger partial charge in [0.15, 0.2) is 22.8 Å². The Kier molecular flexibility index (Phi) is 5.11. The lowest BCUT2D eigenvalue weighted by Crippen LogP contribution is -2.41. The average Bonchev–Trinajstić information content (AvgIpc) is 3.38. The fraction of sp³-hybridized carbons (Fsp3) is 0.375. The normalized spacial score (nSPS) is 27.0. The summed E-state index contributed by atoms with van der Waals surface area (Å²) < 4.78 is 1.71. The highest BCUT2D eigenvalue weighted by molar-refractivity contribution is 5.94. The number of aliphatic hydroxyl groups excluding tert-OH is 2. The predicted molar refractivity (Wildman–Crippen MR) is 123 cm³/mol. The Balaban J connectivity index is 1.54. The second kappa shape index (κ2) is 7.90. The molecule has 2 aromatic heterocycles. The molecule has 5 rings (SSSR count). The van der Waals surface area contributed by atoms with Gasteiger partial charge in [-0.3, -0.25) is 9.59 Å². The van der Waals surface area contributed by atoms with Crippen LogP contribution in [0.25, 0.3) is 11.2 Å². The zero-order chi connectivity index (χ0) is 24.2. The SMILES string of the molecule is CNC(=O)[C@@]12C[C@@H]1[C@@H](n1cnc3c(NC)nc(C#Cc4ccc(C(C)=O)cc4)nc31)[C@H](O)[C@@H]2O. The molecule has 1 amide bonds. The lowest BCUT2D eigenvalue weighted by Gasteiger charge is -2.23. The van der Waals surface area contributed by atoms with Gasteiger partial charge in [0.2, 0.25) is 11.7 Å². The van der Waals surface area contributed by atoms with E-state index in [0.29, 0.717) is 34.5 Å². The van der Waals surface area contributed by atoms with Crippen molar-refractivity contribution in [3.63, 3.8) is 0 Å². The molecule has 10 nitrogen and oxygen atoms in total. The maximum Gasteiger partial charge on any atom is 0.229 e.